The quantitative estimate of drug-likeness (QED) is 0.140. The fourth-order valence-corrected chi connectivity index (χ4v) is 18.8. The van der Waals surface area contributed by atoms with E-state index >= 15 is 0 Å². The molecule has 2 heteroatoms. The van der Waals surface area contributed by atoms with Crippen molar-refractivity contribution in [1.82, 2.24) is 0 Å². The van der Waals surface area contributed by atoms with Crippen molar-refractivity contribution >= 4 is 61.2 Å². The van der Waals surface area contributed by atoms with E-state index in [1.807, 2.05) is 0 Å². The molecule has 2 nitrogen and oxygen atoms in total. The van der Waals surface area contributed by atoms with E-state index < -0.39 is 0 Å². The summed E-state index contributed by atoms with van der Waals surface area (Å²) in [4.78, 5) is 5.29. The largest absolute Gasteiger partial charge is 0.310 e. The molecule has 0 aromatic heterocycles. The summed E-state index contributed by atoms with van der Waals surface area (Å²) in [6.07, 6.45) is 19.7. The Morgan fingerprint density at radius 3 is 1.05 bits per heavy atom. The molecular weight excluding hydrogens is 1060 g/mol. The van der Waals surface area contributed by atoms with Crippen LogP contribution in [0.3, 0.4) is 0 Å². The van der Waals surface area contributed by atoms with Crippen molar-refractivity contribution in [3.8, 4) is 33.4 Å². The van der Waals surface area contributed by atoms with E-state index in [0.717, 1.165) is 12.8 Å². The standard InChI is InChI=1S/C86H82N2/c1-83(2)73-31-19-15-27-61(73)65-41-35-57(49-77(65)83)87(58-36-42-66-62-28-16-20-32-74(62)84(3,4)78(66)50-58)55-39-45-69-71(47-55)82(54-25-13-10-14-26-54)72-48-56(40-46-70(72)81(69)53-23-11-9-12-24-53)88(59-37-43-67-63-29-17-21-33-75(63)85(5,6)79(67)51-59)60-38-44-68-64-30-18-22-34-76(64)86(7,8)80(68)52-60/h15-21,27-33,35-54H,9-14,22-26,34H2,1-8H3. The molecule has 0 bridgehead atoms. The maximum absolute atomic E-state index is 2.69. The Labute approximate surface area is 522 Å². The van der Waals surface area contributed by atoms with E-state index in [0.29, 0.717) is 11.8 Å². The molecule has 436 valence electrons. The van der Waals surface area contributed by atoms with Crippen LogP contribution in [-0.2, 0) is 21.7 Å². The lowest BCUT2D eigenvalue weighted by Crippen LogP contribution is -2.19. The molecule has 0 heterocycles. The highest BCUT2D eigenvalue weighted by molar-refractivity contribution is 6.10. The number of rotatable bonds is 8. The third-order valence-corrected chi connectivity index (χ3v) is 23.3. The van der Waals surface area contributed by atoms with Crippen molar-refractivity contribution in [3.63, 3.8) is 0 Å². The van der Waals surface area contributed by atoms with Gasteiger partial charge in [-0.05, 0) is 239 Å². The van der Waals surface area contributed by atoms with Crippen LogP contribution in [0.1, 0.15) is 200 Å². The fraction of sp³-hybridized carbons (Fsp3) is 0.302. The molecule has 2 fully saturated rings. The van der Waals surface area contributed by atoms with Crippen LogP contribution >= 0.6 is 0 Å². The molecule has 10 aromatic carbocycles. The van der Waals surface area contributed by atoms with Crippen LogP contribution < -0.4 is 9.80 Å². The smallest absolute Gasteiger partial charge is 0.0468 e. The van der Waals surface area contributed by atoms with E-state index in [2.05, 4.69) is 259 Å². The van der Waals surface area contributed by atoms with Gasteiger partial charge in [-0.1, -0.05) is 221 Å². The van der Waals surface area contributed by atoms with Crippen LogP contribution in [-0.4, -0.2) is 0 Å². The molecule has 7 aliphatic carbocycles. The SMILES string of the molecule is CC1(C)C2=C(C=CCC2)c2ccc(N(c3ccc4c(c3)C(C)(C)c3ccccc3-4)c3ccc4c(C5CCCCC5)c5ccc(N(c6ccc7c(c6)C(C)(C)c6ccccc6-7)c6ccc7c(c6)C(C)(C)c6ccccc6-7)cc5c(C5CCCCC5)c4c3)cc21. The zero-order valence-electron chi connectivity index (χ0n) is 53.0. The molecule has 0 radical (unpaired) electrons. The van der Waals surface area contributed by atoms with Crippen LogP contribution in [0.5, 0.6) is 0 Å². The molecule has 2 saturated carbocycles. The molecule has 0 amide bonds. The Kier molecular flexibility index (Phi) is 12.1. The topological polar surface area (TPSA) is 6.48 Å². The zero-order valence-corrected chi connectivity index (χ0v) is 53.0. The molecule has 0 unspecified atom stereocenters. The Bertz CT molecular complexity index is 4550. The summed E-state index contributed by atoms with van der Waals surface area (Å²) in [6, 6.07) is 72.6. The second-order valence-electron chi connectivity index (χ2n) is 29.5. The number of anilines is 6. The third kappa shape index (κ3) is 7.85. The normalized spacial score (nSPS) is 18.8. The minimum Gasteiger partial charge on any atom is -0.310 e. The minimum absolute atomic E-state index is 0.0579. The molecule has 88 heavy (non-hydrogen) atoms. The zero-order chi connectivity index (χ0) is 59.6. The van der Waals surface area contributed by atoms with Gasteiger partial charge in [-0.15, -0.1) is 0 Å². The predicted molar refractivity (Wildman–Crippen MR) is 373 cm³/mol. The van der Waals surface area contributed by atoms with Crippen molar-refractivity contribution in [2.24, 2.45) is 0 Å². The number of hydrogen-bond donors (Lipinski definition) is 0. The minimum atomic E-state index is -0.142. The summed E-state index contributed by atoms with van der Waals surface area (Å²) in [5, 5.41) is 5.85. The monoisotopic (exact) mass is 1140 g/mol. The van der Waals surface area contributed by atoms with Gasteiger partial charge in [-0.2, -0.15) is 0 Å². The summed E-state index contributed by atoms with van der Waals surface area (Å²) in [7, 11) is 0. The second-order valence-corrected chi connectivity index (χ2v) is 29.5. The van der Waals surface area contributed by atoms with Gasteiger partial charge in [0.25, 0.3) is 0 Å². The van der Waals surface area contributed by atoms with E-state index in [-0.39, 0.29) is 21.7 Å². The summed E-state index contributed by atoms with van der Waals surface area (Å²) in [5.74, 6) is 0.937. The van der Waals surface area contributed by atoms with Gasteiger partial charge < -0.3 is 9.80 Å². The van der Waals surface area contributed by atoms with E-state index in [9.17, 15) is 0 Å². The van der Waals surface area contributed by atoms with Crippen molar-refractivity contribution in [2.75, 3.05) is 9.80 Å². The average molecular weight is 1140 g/mol. The molecule has 0 saturated heterocycles. The first kappa shape index (κ1) is 54.0. The molecule has 17 rings (SSSR count). The van der Waals surface area contributed by atoms with Gasteiger partial charge in [-0.25, -0.2) is 0 Å². The van der Waals surface area contributed by atoms with E-state index in [4.69, 9.17) is 0 Å². The summed E-state index contributed by atoms with van der Waals surface area (Å²) in [5.41, 5.74) is 32.5. The maximum Gasteiger partial charge on any atom is 0.0468 e. The Morgan fingerprint density at radius 2 is 0.636 bits per heavy atom. The van der Waals surface area contributed by atoms with E-state index in [1.165, 1.54) is 203 Å². The average Bonchev–Trinajstić information content (AvgIpc) is 1.45. The fourth-order valence-electron chi connectivity index (χ4n) is 18.8. The van der Waals surface area contributed by atoms with Gasteiger partial charge >= 0.3 is 0 Å². The van der Waals surface area contributed by atoms with Crippen LogP contribution in [0.4, 0.5) is 34.1 Å². The Hall–Kier alpha value is -8.20. The Morgan fingerprint density at radius 1 is 0.307 bits per heavy atom. The number of allylic oxidation sites excluding steroid dienone is 4. The summed E-state index contributed by atoms with van der Waals surface area (Å²) in [6.45, 7) is 19.5. The van der Waals surface area contributed by atoms with Gasteiger partial charge in [0, 0.05) is 55.8 Å². The lowest BCUT2D eigenvalue weighted by Gasteiger charge is -2.33. The van der Waals surface area contributed by atoms with Gasteiger partial charge in [0.15, 0.2) is 0 Å². The van der Waals surface area contributed by atoms with Gasteiger partial charge in [0.05, 0.1) is 0 Å². The molecule has 0 aliphatic heterocycles. The number of hydrogen-bond acceptors (Lipinski definition) is 2. The first-order valence-corrected chi connectivity index (χ1v) is 33.6. The number of nitrogens with zero attached hydrogens (tertiary/aromatic N) is 2. The van der Waals surface area contributed by atoms with Gasteiger partial charge in [0.1, 0.15) is 0 Å². The first-order chi connectivity index (χ1) is 42.7. The van der Waals surface area contributed by atoms with Crippen LogP contribution in [0, 0.1) is 0 Å². The highest BCUT2D eigenvalue weighted by atomic mass is 15.1. The number of benzene rings is 10. The van der Waals surface area contributed by atoms with Crippen LogP contribution in [0.15, 0.2) is 200 Å². The molecule has 0 N–H and O–H groups in total. The van der Waals surface area contributed by atoms with Crippen molar-refractivity contribution in [1.29, 1.82) is 0 Å². The highest BCUT2D eigenvalue weighted by Crippen LogP contribution is 2.58. The predicted octanol–water partition coefficient (Wildman–Crippen LogP) is 24.3. The van der Waals surface area contributed by atoms with Gasteiger partial charge in [0.2, 0.25) is 0 Å². The van der Waals surface area contributed by atoms with Crippen molar-refractivity contribution in [3.05, 3.63) is 255 Å². The lowest BCUT2D eigenvalue weighted by atomic mass is 9.74. The number of fused-ring (bicyclic) bond motifs is 13. The molecular formula is C86H82N2. The molecule has 0 spiro atoms. The lowest BCUT2D eigenvalue weighted by molar-refractivity contribution is 0.445. The summed E-state index contributed by atoms with van der Waals surface area (Å²) >= 11 is 0. The van der Waals surface area contributed by atoms with Crippen LogP contribution in [0.25, 0.3) is 60.5 Å². The maximum atomic E-state index is 2.69. The highest BCUT2D eigenvalue weighted by Gasteiger charge is 2.42. The third-order valence-electron chi connectivity index (χ3n) is 23.3. The molecule has 10 aromatic rings. The molecule has 7 aliphatic rings. The van der Waals surface area contributed by atoms with Crippen molar-refractivity contribution in [2.45, 2.75) is 166 Å². The van der Waals surface area contributed by atoms with Crippen LogP contribution in [0.2, 0.25) is 0 Å². The second kappa shape index (κ2) is 19.6. The summed E-state index contributed by atoms with van der Waals surface area (Å²) < 4.78 is 0. The Balaban J connectivity index is 0.913. The molecule has 0 atom stereocenters. The van der Waals surface area contributed by atoms with Gasteiger partial charge in [-0.3, -0.25) is 0 Å². The first-order valence-electron chi connectivity index (χ1n) is 33.6. The van der Waals surface area contributed by atoms with E-state index in [1.54, 1.807) is 16.7 Å². The van der Waals surface area contributed by atoms with Crippen molar-refractivity contribution < 1.29 is 0 Å².